The van der Waals surface area contributed by atoms with Gasteiger partial charge in [-0.15, -0.1) is 0 Å². The Hall–Kier alpha value is -2.48. The van der Waals surface area contributed by atoms with Gasteiger partial charge in [0.25, 0.3) is 0 Å². The summed E-state index contributed by atoms with van der Waals surface area (Å²) in [5.74, 6) is 1.66. The van der Waals surface area contributed by atoms with Gasteiger partial charge in [-0.25, -0.2) is 9.78 Å². The van der Waals surface area contributed by atoms with Crippen LogP contribution >= 0.6 is 0 Å². The number of pyridine rings is 1. The minimum atomic E-state index is -0.347. The second-order valence-corrected chi connectivity index (χ2v) is 5.87. The number of anilines is 1. The highest BCUT2D eigenvalue weighted by atomic mass is 16.5. The van der Waals surface area contributed by atoms with Crippen molar-refractivity contribution in [3.63, 3.8) is 0 Å². The Morgan fingerprint density at radius 3 is 2.71 bits per heavy atom. The molecule has 128 valence electrons. The van der Waals surface area contributed by atoms with Crippen LogP contribution in [0.25, 0.3) is 0 Å². The van der Waals surface area contributed by atoms with Crippen molar-refractivity contribution < 1.29 is 14.1 Å². The monoisotopic (exact) mass is 331 g/mol. The Balaban J connectivity index is 1.72. The minimum absolute atomic E-state index is 0.190. The molecular weight excluding hydrogens is 310 g/mol. The number of carbonyl (C=O) groups excluding carboxylic acids is 1. The van der Waals surface area contributed by atoms with E-state index in [2.05, 4.69) is 25.8 Å². The number of aryl methyl sites for hydroxylation is 2. The van der Waals surface area contributed by atoms with E-state index in [4.69, 9.17) is 9.26 Å². The number of urea groups is 1. The third-order valence-corrected chi connectivity index (χ3v) is 3.96. The molecule has 2 amide bonds. The first-order valence-electron chi connectivity index (χ1n) is 8.01. The molecular formula is C16H21N5O3. The number of aromatic nitrogens is 3. The first-order chi connectivity index (χ1) is 11.6. The summed E-state index contributed by atoms with van der Waals surface area (Å²) in [7, 11) is 0. The van der Waals surface area contributed by atoms with Crippen molar-refractivity contribution in [2.24, 2.45) is 5.92 Å². The van der Waals surface area contributed by atoms with E-state index in [1.807, 2.05) is 19.1 Å². The van der Waals surface area contributed by atoms with Crippen LogP contribution in [0.15, 0.2) is 22.7 Å². The third-order valence-electron chi connectivity index (χ3n) is 3.96. The quantitative estimate of drug-likeness (QED) is 0.892. The summed E-state index contributed by atoms with van der Waals surface area (Å²) in [5, 5.41) is 9.52. The second-order valence-electron chi connectivity index (χ2n) is 5.87. The molecule has 0 bridgehead atoms. The zero-order chi connectivity index (χ0) is 16.9. The van der Waals surface area contributed by atoms with Crippen LogP contribution in [0.4, 0.5) is 10.6 Å². The van der Waals surface area contributed by atoms with Crippen molar-refractivity contribution in [1.82, 2.24) is 20.4 Å². The Morgan fingerprint density at radius 1 is 1.25 bits per heavy atom. The van der Waals surface area contributed by atoms with Crippen LogP contribution in [-0.2, 0) is 4.74 Å². The van der Waals surface area contributed by atoms with Crippen molar-refractivity contribution in [2.75, 3.05) is 18.5 Å². The van der Waals surface area contributed by atoms with E-state index in [1.165, 1.54) is 0 Å². The normalized spacial score (nSPS) is 16.6. The van der Waals surface area contributed by atoms with Crippen molar-refractivity contribution in [3.8, 4) is 0 Å². The molecule has 0 unspecified atom stereocenters. The highest BCUT2D eigenvalue weighted by molar-refractivity contribution is 5.88. The summed E-state index contributed by atoms with van der Waals surface area (Å²) < 4.78 is 10.7. The molecule has 2 aromatic heterocycles. The zero-order valence-corrected chi connectivity index (χ0v) is 13.8. The van der Waals surface area contributed by atoms with Gasteiger partial charge in [-0.1, -0.05) is 11.2 Å². The molecule has 0 spiro atoms. The molecule has 0 radical (unpaired) electrons. The van der Waals surface area contributed by atoms with E-state index in [0.29, 0.717) is 30.7 Å². The van der Waals surface area contributed by atoms with E-state index < -0.39 is 0 Å². The van der Waals surface area contributed by atoms with E-state index >= 15 is 0 Å². The smallest absolute Gasteiger partial charge is 0.321 e. The van der Waals surface area contributed by atoms with Crippen molar-refractivity contribution in [2.45, 2.75) is 32.7 Å². The Kier molecular flexibility index (Phi) is 5.05. The SMILES string of the molecule is Cc1cccc(NC(=O)N[C@H](c2nc(C)no2)C2CCOCC2)n1. The number of ether oxygens (including phenoxy) is 1. The molecule has 8 heteroatoms. The number of hydrogen-bond donors (Lipinski definition) is 2. The number of amides is 2. The standard InChI is InChI=1S/C16H21N5O3/c1-10-4-3-5-13(17-10)19-16(22)20-14(12-6-8-23-9-7-12)15-18-11(2)21-24-15/h3-5,12,14H,6-9H2,1-2H3,(H2,17,19,20,22)/t14-/m0/s1. The van der Waals surface area contributed by atoms with Crippen molar-refractivity contribution in [1.29, 1.82) is 0 Å². The van der Waals surface area contributed by atoms with E-state index in [-0.39, 0.29) is 18.0 Å². The van der Waals surface area contributed by atoms with Crippen molar-refractivity contribution in [3.05, 3.63) is 35.6 Å². The van der Waals surface area contributed by atoms with Gasteiger partial charge in [-0.2, -0.15) is 4.98 Å². The van der Waals surface area contributed by atoms with E-state index in [0.717, 1.165) is 18.5 Å². The number of rotatable bonds is 4. The Morgan fingerprint density at radius 2 is 2.04 bits per heavy atom. The average Bonchev–Trinajstić information content (AvgIpc) is 3.00. The maximum absolute atomic E-state index is 12.4. The van der Waals surface area contributed by atoms with Crippen LogP contribution < -0.4 is 10.6 Å². The zero-order valence-electron chi connectivity index (χ0n) is 13.8. The van der Waals surface area contributed by atoms with Gasteiger partial charge in [0.1, 0.15) is 11.9 Å². The number of carbonyl (C=O) groups is 1. The topological polar surface area (TPSA) is 102 Å². The molecule has 3 rings (SSSR count). The number of hydrogen-bond acceptors (Lipinski definition) is 6. The lowest BCUT2D eigenvalue weighted by molar-refractivity contribution is 0.0506. The molecule has 1 saturated heterocycles. The van der Waals surface area contributed by atoms with Crippen LogP contribution in [0.3, 0.4) is 0 Å². The molecule has 0 aromatic carbocycles. The van der Waals surface area contributed by atoms with Gasteiger partial charge in [0.05, 0.1) is 0 Å². The first-order valence-corrected chi connectivity index (χ1v) is 8.01. The maximum atomic E-state index is 12.4. The molecule has 2 N–H and O–H groups in total. The predicted octanol–water partition coefficient (Wildman–Crippen LogP) is 2.37. The summed E-state index contributed by atoms with van der Waals surface area (Å²) >= 11 is 0. The first kappa shape index (κ1) is 16.4. The molecule has 0 saturated carbocycles. The lowest BCUT2D eigenvalue weighted by Gasteiger charge is -2.28. The van der Waals surface area contributed by atoms with Gasteiger partial charge in [-0.3, -0.25) is 5.32 Å². The molecule has 8 nitrogen and oxygen atoms in total. The molecule has 1 aliphatic heterocycles. The van der Waals surface area contributed by atoms with Crippen LogP contribution in [0.1, 0.15) is 36.3 Å². The van der Waals surface area contributed by atoms with E-state index in [9.17, 15) is 4.79 Å². The molecule has 24 heavy (non-hydrogen) atoms. The Labute approximate surface area is 140 Å². The fraction of sp³-hybridized carbons (Fsp3) is 0.500. The van der Waals surface area contributed by atoms with Gasteiger partial charge in [0.15, 0.2) is 5.82 Å². The van der Waals surface area contributed by atoms with Gasteiger partial charge >= 0.3 is 6.03 Å². The maximum Gasteiger partial charge on any atom is 0.321 e. The molecule has 1 aliphatic rings. The van der Waals surface area contributed by atoms with Crippen LogP contribution in [0.2, 0.25) is 0 Å². The highest BCUT2D eigenvalue weighted by Crippen LogP contribution is 2.29. The predicted molar refractivity (Wildman–Crippen MR) is 86.4 cm³/mol. The van der Waals surface area contributed by atoms with Gasteiger partial charge in [0.2, 0.25) is 5.89 Å². The fourth-order valence-corrected chi connectivity index (χ4v) is 2.78. The van der Waals surface area contributed by atoms with Gasteiger partial charge in [-0.05, 0) is 44.7 Å². The lowest BCUT2D eigenvalue weighted by Crippen LogP contribution is -2.38. The molecule has 1 fully saturated rings. The average molecular weight is 331 g/mol. The number of nitrogens with one attached hydrogen (secondary N) is 2. The molecule has 3 heterocycles. The summed E-state index contributed by atoms with van der Waals surface area (Å²) in [6.45, 7) is 4.95. The second kappa shape index (κ2) is 7.39. The molecule has 2 aromatic rings. The summed E-state index contributed by atoms with van der Waals surface area (Å²) in [5.41, 5.74) is 0.835. The Bertz CT molecular complexity index is 697. The van der Waals surface area contributed by atoms with E-state index in [1.54, 1.807) is 13.0 Å². The minimum Gasteiger partial charge on any atom is -0.381 e. The fourth-order valence-electron chi connectivity index (χ4n) is 2.78. The van der Waals surface area contributed by atoms with Crippen molar-refractivity contribution >= 4 is 11.8 Å². The summed E-state index contributed by atoms with van der Waals surface area (Å²) in [6.07, 6.45) is 1.66. The highest BCUT2D eigenvalue weighted by Gasteiger charge is 2.31. The van der Waals surface area contributed by atoms with Crippen LogP contribution in [0.5, 0.6) is 0 Å². The van der Waals surface area contributed by atoms with Gasteiger partial charge < -0.3 is 14.6 Å². The third kappa shape index (κ3) is 4.08. The molecule has 0 aliphatic carbocycles. The molecule has 1 atom stereocenters. The van der Waals surface area contributed by atoms with Gasteiger partial charge in [0, 0.05) is 18.9 Å². The summed E-state index contributed by atoms with van der Waals surface area (Å²) in [4.78, 5) is 20.9. The lowest BCUT2D eigenvalue weighted by atomic mass is 9.91. The van der Waals surface area contributed by atoms with Crippen LogP contribution in [-0.4, -0.2) is 34.4 Å². The number of nitrogens with zero attached hydrogens (tertiary/aromatic N) is 3. The van der Waals surface area contributed by atoms with Crippen LogP contribution in [0, 0.1) is 19.8 Å². The largest absolute Gasteiger partial charge is 0.381 e. The summed E-state index contributed by atoms with van der Waals surface area (Å²) in [6, 6.07) is 4.76.